The van der Waals surface area contributed by atoms with Crippen molar-refractivity contribution >= 4 is 5.69 Å². The van der Waals surface area contributed by atoms with Crippen LogP contribution in [0.15, 0.2) is 48.5 Å². The predicted octanol–water partition coefficient (Wildman–Crippen LogP) is 2.72. The Morgan fingerprint density at radius 2 is 1.72 bits per heavy atom. The summed E-state index contributed by atoms with van der Waals surface area (Å²) in [5.41, 5.74) is 8.28. The largest absolute Gasteiger partial charge is 0.399 e. The van der Waals surface area contributed by atoms with E-state index in [2.05, 4.69) is 0 Å². The summed E-state index contributed by atoms with van der Waals surface area (Å²) in [6, 6.07) is 14.4. The number of nitrogen functional groups attached to an aromatic ring is 1. The van der Waals surface area contributed by atoms with Gasteiger partial charge in [-0.1, -0.05) is 24.3 Å². The first-order chi connectivity index (χ1) is 8.71. The van der Waals surface area contributed by atoms with Crippen molar-refractivity contribution in [3.63, 3.8) is 0 Å². The number of nitrogens with two attached hydrogens (primary N) is 1. The van der Waals surface area contributed by atoms with Crippen LogP contribution < -0.4 is 5.73 Å². The Hall–Kier alpha value is -1.87. The quantitative estimate of drug-likeness (QED) is 0.823. The van der Waals surface area contributed by atoms with E-state index in [0.717, 1.165) is 16.8 Å². The van der Waals surface area contributed by atoms with Crippen LogP contribution in [0.2, 0.25) is 0 Å². The maximum Gasteiger partial charge on any atom is 0.123 e. The fourth-order valence-corrected chi connectivity index (χ4v) is 2.39. The highest BCUT2D eigenvalue weighted by molar-refractivity contribution is 5.47. The Labute approximate surface area is 105 Å². The molecule has 1 aliphatic rings. The standard InChI is InChI=1S/C15H14FNO/c16-13-3-1-2-12(8-13)15(9-18-10-15)11-4-6-14(17)7-5-11/h1-8H,9-10,17H2. The maximum atomic E-state index is 13.4. The zero-order valence-corrected chi connectivity index (χ0v) is 9.90. The zero-order valence-electron chi connectivity index (χ0n) is 9.90. The summed E-state index contributed by atoms with van der Waals surface area (Å²) in [4.78, 5) is 0. The number of ether oxygens (including phenoxy) is 1. The molecule has 1 fully saturated rings. The Balaban J connectivity index is 2.07. The number of hydrogen-bond acceptors (Lipinski definition) is 2. The van der Waals surface area contributed by atoms with Crippen molar-refractivity contribution in [1.82, 2.24) is 0 Å². The van der Waals surface area contributed by atoms with Crippen molar-refractivity contribution in [3.8, 4) is 0 Å². The van der Waals surface area contributed by atoms with E-state index in [1.165, 1.54) is 6.07 Å². The van der Waals surface area contributed by atoms with E-state index in [1.807, 2.05) is 30.3 Å². The third-order valence-corrected chi connectivity index (χ3v) is 3.54. The van der Waals surface area contributed by atoms with Crippen LogP contribution >= 0.6 is 0 Å². The highest BCUT2D eigenvalue weighted by Crippen LogP contribution is 2.39. The molecule has 0 atom stereocenters. The Morgan fingerprint density at radius 3 is 2.28 bits per heavy atom. The molecule has 3 rings (SSSR count). The molecule has 0 radical (unpaired) electrons. The van der Waals surface area contributed by atoms with E-state index >= 15 is 0 Å². The van der Waals surface area contributed by atoms with Gasteiger partial charge in [0.15, 0.2) is 0 Å². The molecule has 0 aromatic heterocycles. The predicted molar refractivity (Wildman–Crippen MR) is 68.9 cm³/mol. The van der Waals surface area contributed by atoms with E-state index in [0.29, 0.717) is 13.2 Å². The number of rotatable bonds is 2. The first kappa shape index (κ1) is 11.2. The van der Waals surface area contributed by atoms with Crippen LogP contribution in [0.1, 0.15) is 11.1 Å². The van der Waals surface area contributed by atoms with Crippen molar-refractivity contribution < 1.29 is 9.13 Å². The Morgan fingerprint density at radius 1 is 1.00 bits per heavy atom. The number of anilines is 1. The monoisotopic (exact) mass is 243 g/mol. The summed E-state index contributed by atoms with van der Waals surface area (Å²) >= 11 is 0. The van der Waals surface area contributed by atoms with E-state index < -0.39 is 0 Å². The minimum atomic E-state index is -0.226. The average molecular weight is 243 g/mol. The lowest BCUT2D eigenvalue weighted by atomic mass is 9.73. The van der Waals surface area contributed by atoms with E-state index in [9.17, 15) is 4.39 Å². The van der Waals surface area contributed by atoms with Crippen molar-refractivity contribution in [2.75, 3.05) is 18.9 Å². The van der Waals surface area contributed by atoms with Gasteiger partial charge in [0.2, 0.25) is 0 Å². The minimum absolute atomic E-state index is 0.214. The van der Waals surface area contributed by atoms with Crippen LogP contribution in [0, 0.1) is 5.82 Å². The van der Waals surface area contributed by atoms with Crippen LogP contribution in [0.3, 0.4) is 0 Å². The Bertz CT molecular complexity index is 561. The lowest BCUT2D eigenvalue weighted by Crippen LogP contribution is -2.47. The first-order valence-electron chi connectivity index (χ1n) is 5.90. The van der Waals surface area contributed by atoms with Crippen molar-refractivity contribution in [3.05, 3.63) is 65.5 Å². The average Bonchev–Trinajstić information content (AvgIpc) is 2.30. The number of halogens is 1. The van der Waals surface area contributed by atoms with Crippen LogP contribution in [0.5, 0.6) is 0 Å². The fourth-order valence-electron chi connectivity index (χ4n) is 2.39. The van der Waals surface area contributed by atoms with Gasteiger partial charge in [0.05, 0.1) is 18.6 Å². The number of hydrogen-bond donors (Lipinski definition) is 1. The highest BCUT2D eigenvalue weighted by Gasteiger charge is 2.42. The SMILES string of the molecule is Nc1ccc(C2(c3cccc(F)c3)COC2)cc1. The molecule has 0 amide bonds. The number of benzene rings is 2. The lowest BCUT2D eigenvalue weighted by Gasteiger charge is -2.42. The molecule has 2 aromatic rings. The molecule has 0 bridgehead atoms. The van der Waals surface area contributed by atoms with Crippen molar-refractivity contribution in [1.29, 1.82) is 0 Å². The van der Waals surface area contributed by atoms with Gasteiger partial charge in [-0.2, -0.15) is 0 Å². The smallest absolute Gasteiger partial charge is 0.123 e. The van der Waals surface area contributed by atoms with Crippen LogP contribution in [-0.4, -0.2) is 13.2 Å². The second-order valence-corrected chi connectivity index (χ2v) is 4.71. The molecule has 0 spiro atoms. The summed E-state index contributed by atoms with van der Waals surface area (Å²) in [5.74, 6) is -0.214. The zero-order chi connectivity index (χ0) is 12.6. The summed E-state index contributed by atoms with van der Waals surface area (Å²) < 4.78 is 18.7. The third-order valence-electron chi connectivity index (χ3n) is 3.54. The van der Waals surface area contributed by atoms with Gasteiger partial charge >= 0.3 is 0 Å². The van der Waals surface area contributed by atoms with Gasteiger partial charge in [0.1, 0.15) is 5.82 Å². The normalized spacial score (nSPS) is 17.2. The molecular formula is C15H14FNO. The molecule has 18 heavy (non-hydrogen) atoms. The van der Waals surface area contributed by atoms with Gasteiger partial charge in [-0.3, -0.25) is 0 Å². The van der Waals surface area contributed by atoms with Crippen LogP contribution in [0.4, 0.5) is 10.1 Å². The van der Waals surface area contributed by atoms with E-state index in [1.54, 1.807) is 12.1 Å². The summed E-state index contributed by atoms with van der Waals surface area (Å²) in [7, 11) is 0. The molecular weight excluding hydrogens is 229 g/mol. The molecule has 1 heterocycles. The molecule has 0 unspecified atom stereocenters. The van der Waals surface area contributed by atoms with E-state index in [4.69, 9.17) is 10.5 Å². The maximum absolute atomic E-state index is 13.4. The van der Waals surface area contributed by atoms with Gasteiger partial charge < -0.3 is 10.5 Å². The second kappa shape index (κ2) is 4.10. The van der Waals surface area contributed by atoms with Crippen molar-refractivity contribution in [2.24, 2.45) is 0 Å². The van der Waals surface area contributed by atoms with Gasteiger partial charge in [0, 0.05) is 5.69 Å². The Kier molecular flexibility index (Phi) is 2.56. The van der Waals surface area contributed by atoms with E-state index in [-0.39, 0.29) is 11.2 Å². The van der Waals surface area contributed by atoms with Gasteiger partial charge in [-0.25, -0.2) is 4.39 Å². The summed E-state index contributed by atoms with van der Waals surface area (Å²) in [6.07, 6.45) is 0. The molecule has 1 saturated heterocycles. The molecule has 1 aliphatic heterocycles. The molecule has 3 heteroatoms. The highest BCUT2D eigenvalue weighted by atomic mass is 19.1. The molecule has 0 aliphatic carbocycles. The minimum Gasteiger partial charge on any atom is -0.399 e. The topological polar surface area (TPSA) is 35.2 Å². The summed E-state index contributed by atoms with van der Waals surface area (Å²) in [6.45, 7) is 1.17. The fraction of sp³-hybridized carbons (Fsp3) is 0.200. The molecule has 2 aromatic carbocycles. The molecule has 2 nitrogen and oxygen atoms in total. The summed E-state index contributed by atoms with van der Waals surface area (Å²) in [5, 5.41) is 0. The molecule has 2 N–H and O–H groups in total. The molecule has 92 valence electrons. The van der Waals surface area contributed by atoms with Gasteiger partial charge in [-0.15, -0.1) is 0 Å². The molecule has 0 saturated carbocycles. The first-order valence-corrected chi connectivity index (χ1v) is 5.90. The lowest BCUT2D eigenvalue weighted by molar-refractivity contribution is -0.0380. The van der Waals surface area contributed by atoms with Crippen molar-refractivity contribution in [2.45, 2.75) is 5.41 Å². The van der Waals surface area contributed by atoms with Crippen LogP contribution in [-0.2, 0) is 10.2 Å². The van der Waals surface area contributed by atoms with Crippen LogP contribution in [0.25, 0.3) is 0 Å². The van der Waals surface area contributed by atoms with Gasteiger partial charge in [-0.05, 0) is 35.4 Å². The third kappa shape index (κ3) is 1.68. The van der Waals surface area contributed by atoms with Gasteiger partial charge in [0.25, 0.3) is 0 Å². The second-order valence-electron chi connectivity index (χ2n) is 4.71.